The van der Waals surface area contributed by atoms with Crippen LogP contribution in [0.1, 0.15) is 18.4 Å². The van der Waals surface area contributed by atoms with Crippen molar-refractivity contribution in [1.29, 1.82) is 0 Å². The molecule has 3 rings (SSSR count). The fourth-order valence-electron chi connectivity index (χ4n) is 3.24. The average molecular weight is 388 g/mol. The molecule has 27 heavy (non-hydrogen) atoms. The van der Waals surface area contributed by atoms with Crippen molar-refractivity contribution in [2.45, 2.75) is 24.7 Å². The number of nitrogens with one attached hydrogen (secondary N) is 1. The number of carbonyl (C=O) groups excluding carboxylic acids is 1. The molecule has 0 aliphatic carbocycles. The van der Waals surface area contributed by atoms with Crippen molar-refractivity contribution >= 4 is 21.6 Å². The number of ether oxygens (including phenoxy) is 1. The third-order valence-corrected chi connectivity index (χ3v) is 6.62. The third-order valence-electron chi connectivity index (χ3n) is 4.74. The molecule has 1 aliphatic heterocycles. The molecule has 0 bridgehead atoms. The Balaban J connectivity index is 1.71. The van der Waals surface area contributed by atoms with E-state index in [0.717, 1.165) is 11.3 Å². The van der Waals surface area contributed by atoms with Crippen LogP contribution in [0.15, 0.2) is 53.4 Å². The normalized spacial score (nSPS) is 18.1. The molecule has 0 spiro atoms. The van der Waals surface area contributed by atoms with Crippen molar-refractivity contribution in [3.63, 3.8) is 0 Å². The molecule has 0 saturated carbocycles. The molecule has 1 heterocycles. The first-order valence-corrected chi connectivity index (χ1v) is 10.4. The van der Waals surface area contributed by atoms with Crippen LogP contribution in [0.4, 0.5) is 5.69 Å². The van der Waals surface area contributed by atoms with E-state index >= 15 is 0 Å². The highest BCUT2D eigenvalue weighted by Gasteiger charge is 2.33. The van der Waals surface area contributed by atoms with E-state index in [1.165, 1.54) is 23.5 Å². The third kappa shape index (κ3) is 4.48. The summed E-state index contributed by atoms with van der Waals surface area (Å²) in [5, 5.41) is 2.90. The van der Waals surface area contributed by atoms with Gasteiger partial charge >= 0.3 is 0 Å². The lowest BCUT2D eigenvalue weighted by Gasteiger charge is -2.31. The zero-order valence-corrected chi connectivity index (χ0v) is 16.3. The molecule has 1 unspecified atom stereocenters. The number of hydrogen-bond donors (Lipinski definition) is 1. The van der Waals surface area contributed by atoms with Crippen LogP contribution in [-0.4, -0.2) is 38.8 Å². The predicted octanol–water partition coefficient (Wildman–Crippen LogP) is 3.04. The van der Waals surface area contributed by atoms with Gasteiger partial charge in [-0.1, -0.05) is 12.1 Å². The number of rotatable bonds is 5. The number of piperidine rings is 1. The van der Waals surface area contributed by atoms with E-state index in [1.807, 2.05) is 31.2 Å². The Morgan fingerprint density at radius 1 is 1.19 bits per heavy atom. The van der Waals surface area contributed by atoms with Crippen LogP contribution < -0.4 is 10.1 Å². The lowest BCUT2D eigenvalue weighted by Crippen LogP contribution is -2.43. The van der Waals surface area contributed by atoms with Gasteiger partial charge in [0.15, 0.2) is 0 Å². The van der Waals surface area contributed by atoms with Gasteiger partial charge in [-0.3, -0.25) is 4.79 Å². The summed E-state index contributed by atoms with van der Waals surface area (Å²) in [6.45, 7) is 2.56. The number of amides is 1. The van der Waals surface area contributed by atoms with Gasteiger partial charge in [-0.2, -0.15) is 4.31 Å². The molecule has 1 amide bonds. The quantitative estimate of drug-likeness (QED) is 0.854. The summed E-state index contributed by atoms with van der Waals surface area (Å²) in [7, 11) is -2.10. The Bertz CT molecular complexity index is 910. The number of methoxy groups -OCH3 is 1. The highest BCUT2D eigenvalue weighted by Crippen LogP contribution is 2.26. The van der Waals surface area contributed by atoms with E-state index in [2.05, 4.69) is 5.32 Å². The van der Waals surface area contributed by atoms with Crippen LogP contribution in [0.3, 0.4) is 0 Å². The summed E-state index contributed by atoms with van der Waals surface area (Å²) < 4.78 is 32.3. The molecule has 0 radical (unpaired) electrons. The maximum atomic E-state index is 12.9. The molecule has 2 aromatic carbocycles. The molecule has 1 N–H and O–H groups in total. The van der Waals surface area contributed by atoms with Crippen molar-refractivity contribution in [3.05, 3.63) is 54.1 Å². The Morgan fingerprint density at radius 3 is 2.59 bits per heavy atom. The van der Waals surface area contributed by atoms with Gasteiger partial charge in [-0.05, 0) is 61.7 Å². The van der Waals surface area contributed by atoms with Crippen LogP contribution in [0.25, 0.3) is 0 Å². The van der Waals surface area contributed by atoms with Crippen molar-refractivity contribution < 1.29 is 17.9 Å². The summed E-state index contributed by atoms with van der Waals surface area (Å²) >= 11 is 0. The molecule has 6 nitrogen and oxygen atoms in total. The van der Waals surface area contributed by atoms with E-state index in [-0.39, 0.29) is 23.3 Å². The van der Waals surface area contributed by atoms with Crippen LogP contribution in [0.5, 0.6) is 5.75 Å². The van der Waals surface area contributed by atoms with Gasteiger partial charge in [0.1, 0.15) is 5.75 Å². The van der Waals surface area contributed by atoms with Crippen LogP contribution >= 0.6 is 0 Å². The second-order valence-corrected chi connectivity index (χ2v) is 8.67. The minimum atomic E-state index is -3.64. The van der Waals surface area contributed by atoms with Gasteiger partial charge in [0, 0.05) is 18.8 Å². The van der Waals surface area contributed by atoms with Gasteiger partial charge in [-0.25, -0.2) is 8.42 Å². The van der Waals surface area contributed by atoms with E-state index in [1.54, 1.807) is 12.1 Å². The first kappa shape index (κ1) is 19.4. The minimum absolute atomic E-state index is 0.143. The predicted molar refractivity (Wildman–Crippen MR) is 104 cm³/mol. The fourth-order valence-corrected chi connectivity index (χ4v) is 4.76. The van der Waals surface area contributed by atoms with Crippen molar-refractivity contribution in [1.82, 2.24) is 4.31 Å². The monoisotopic (exact) mass is 388 g/mol. The van der Waals surface area contributed by atoms with Gasteiger partial charge < -0.3 is 10.1 Å². The zero-order chi connectivity index (χ0) is 19.4. The maximum Gasteiger partial charge on any atom is 0.243 e. The summed E-state index contributed by atoms with van der Waals surface area (Å²) in [5.74, 6) is 0.0884. The van der Waals surface area contributed by atoms with Crippen LogP contribution in [0.2, 0.25) is 0 Å². The first-order chi connectivity index (χ1) is 12.9. The number of carbonyl (C=O) groups is 1. The van der Waals surface area contributed by atoms with Crippen molar-refractivity contribution in [3.8, 4) is 5.75 Å². The lowest BCUT2D eigenvalue weighted by molar-refractivity contribution is -0.120. The van der Waals surface area contributed by atoms with Gasteiger partial charge in [0.05, 0.1) is 17.9 Å². The topological polar surface area (TPSA) is 75.7 Å². The highest BCUT2D eigenvalue weighted by molar-refractivity contribution is 7.89. The highest BCUT2D eigenvalue weighted by atomic mass is 32.2. The number of hydrogen-bond acceptors (Lipinski definition) is 4. The SMILES string of the molecule is COc1ccc(S(=O)(=O)N2CCCC(C(=O)Nc3cccc(C)c3)C2)cc1. The van der Waals surface area contributed by atoms with E-state index in [0.29, 0.717) is 25.1 Å². The van der Waals surface area contributed by atoms with Crippen molar-refractivity contribution in [2.24, 2.45) is 5.92 Å². The molecular formula is C20H24N2O4S. The van der Waals surface area contributed by atoms with Crippen molar-refractivity contribution in [2.75, 3.05) is 25.5 Å². The molecule has 7 heteroatoms. The Morgan fingerprint density at radius 2 is 1.93 bits per heavy atom. The second-order valence-electron chi connectivity index (χ2n) is 6.74. The summed E-state index contributed by atoms with van der Waals surface area (Å²) in [6.07, 6.45) is 1.33. The molecule has 144 valence electrons. The summed E-state index contributed by atoms with van der Waals surface area (Å²) in [4.78, 5) is 12.8. The van der Waals surface area contributed by atoms with Crippen LogP contribution in [-0.2, 0) is 14.8 Å². The summed E-state index contributed by atoms with van der Waals surface area (Å²) in [6, 6.07) is 13.9. The molecule has 1 atom stereocenters. The molecule has 2 aromatic rings. The number of anilines is 1. The van der Waals surface area contributed by atoms with E-state index < -0.39 is 10.0 Å². The Labute approximate surface area is 160 Å². The molecule has 1 fully saturated rings. The largest absolute Gasteiger partial charge is 0.497 e. The standard InChI is InChI=1S/C20H24N2O4S/c1-15-5-3-7-17(13-15)21-20(23)16-6-4-12-22(14-16)27(24,25)19-10-8-18(26-2)9-11-19/h3,5,7-11,13,16H,4,6,12,14H2,1-2H3,(H,21,23). The first-order valence-electron chi connectivity index (χ1n) is 8.92. The fraction of sp³-hybridized carbons (Fsp3) is 0.350. The minimum Gasteiger partial charge on any atom is -0.497 e. The number of aryl methyl sites for hydroxylation is 1. The zero-order valence-electron chi connectivity index (χ0n) is 15.5. The molecule has 1 saturated heterocycles. The smallest absolute Gasteiger partial charge is 0.243 e. The number of benzene rings is 2. The van der Waals surface area contributed by atoms with E-state index in [4.69, 9.17) is 4.74 Å². The lowest BCUT2D eigenvalue weighted by atomic mass is 9.98. The van der Waals surface area contributed by atoms with Crippen LogP contribution in [0, 0.1) is 12.8 Å². The average Bonchev–Trinajstić information content (AvgIpc) is 2.68. The number of nitrogens with zero attached hydrogens (tertiary/aromatic N) is 1. The second kappa shape index (κ2) is 8.10. The molecule has 0 aromatic heterocycles. The number of sulfonamides is 1. The molecule has 1 aliphatic rings. The maximum absolute atomic E-state index is 12.9. The Hall–Kier alpha value is -2.38. The van der Waals surface area contributed by atoms with Gasteiger partial charge in [-0.15, -0.1) is 0 Å². The van der Waals surface area contributed by atoms with Gasteiger partial charge in [0.25, 0.3) is 0 Å². The molecular weight excluding hydrogens is 364 g/mol. The Kier molecular flexibility index (Phi) is 5.82. The summed E-state index contributed by atoms with van der Waals surface area (Å²) in [5.41, 5.74) is 1.79. The van der Waals surface area contributed by atoms with E-state index in [9.17, 15) is 13.2 Å². The van der Waals surface area contributed by atoms with Gasteiger partial charge in [0.2, 0.25) is 15.9 Å².